The molecule has 1 aliphatic heterocycles. The lowest BCUT2D eigenvalue weighted by molar-refractivity contribution is -0.131. The Bertz CT molecular complexity index is 929. The molecule has 0 saturated carbocycles. The fraction of sp³-hybridized carbons (Fsp3) is 0.389. The van der Waals surface area contributed by atoms with Crippen molar-refractivity contribution < 1.29 is 4.79 Å². The topological polar surface area (TPSA) is 54.3 Å². The van der Waals surface area contributed by atoms with Gasteiger partial charge in [-0.3, -0.25) is 4.79 Å². The van der Waals surface area contributed by atoms with Gasteiger partial charge in [0.15, 0.2) is 0 Å². The van der Waals surface area contributed by atoms with Crippen molar-refractivity contribution in [2.75, 3.05) is 31.1 Å². The van der Waals surface area contributed by atoms with Crippen LogP contribution in [0.4, 0.5) is 5.13 Å². The van der Waals surface area contributed by atoms with Gasteiger partial charge in [0, 0.05) is 72.8 Å². The SMILES string of the molecule is Cc1nsc(N2CCN(C(=O)CCn3ccc4cc(Cl)ccc43)CC2)n1. The number of carbonyl (C=O) groups is 1. The number of benzene rings is 1. The third-order valence-corrected chi connectivity index (χ3v) is 5.82. The second-order valence-corrected chi connectivity index (χ2v) is 7.62. The van der Waals surface area contributed by atoms with Crippen molar-refractivity contribution in [3.8, 4) is 0 Å². The molecule has 1 amide bonds. The number of amides is 1. The number of hydrogen-bond acceptors (Lipinski definition) is 5. The van der Waals surface area contributed by atoms with E-state index in [4.69, 9.17) is 11.6 Å². The number of aryl methyl sites for hydroxylation is 2. The van der Waals surface area contributed by atoms with Gasteiger partial charge >= 0.3 is 0 Å². The molecule has 26 heavy (non-hydrogen) atoms. The molecule has 4 rings (SSSR count). The number of piperazine rings is 1. The lowest BCUT2D eigenvalue weighted by atomic mass is 10.2. The van der Waals surface area contributed by atoms with E-state index in [1.165, 1.54) is 11.5 Å². The lowest BCUT2D eigenvalue weighted by Crippen LogP contribution is -2.48. The molecule has 0 radical (unpaired) electrons. The Morgan fingerprint density at radius 2 is 2.04 bits per heavy atom. The molecule has 0 aliphatic carbocycles. The summed E-state index contributed by atoms with van der Waals surface area (Å²) in [4.78, 5) is 21.2. The average Bonchev–Trinajstić information content (AvgIpc) is 3.25. The molecule has 3 aromatic rings. The molecule has 1 fully saturated rings. The Hall–Kier alpha value is -2.12. The van der Waals surface area contributed by atoms with E-state index in [2.05, 4.69) is 18.8 Å². The van der Waals surface area contributed by atoms with Gasteiger partial charge in [-0.25, -0.2) is 4.98 Å². The van der Waals surface area contributed by atoms with E-state index in [9.17, 15) is 4.79 Å². The first-order valence-electron chi connectivity index (χ1n) is 8.67. The number of rotatable bonds is 4. The summed E-state index contributed by atoms with van der Waals surface area (Å²) in [6.45, 7) is 5.67. The van der Waals surface area contributed by atoms with Crippen LogP contribution < -0.4 is 4.90 Å². The normalized spacial score (nSPS) is 15.0. The fourth-order valence-corrected chi connectivity index (χ4v) is 4.21. The molecule has 6 nitrogen and oxygen atoms in total. The van der Waals surface area contributed by atoms with Crippen LogP contribution in [-0.4, -0.2) is 50.9 Å². The quantitative estimate of drug-likeness (QED) is 0.687. The summed E-state index contributed by atoms with van der Waals surface area (Å²) in [6, 6.07) is 7.87. The molecule has 2 aromatic heterocycles. The highest BCUT2D eigenvalue weighted by Crippen LogP contribution is 2.21. The number of fused-ring (bicyclic) bond motifs is 1. The first-order valence-corrected chi connectivity index (χ1v) is 9.83. The van der Waals surface area contributed by atoms with Crippen LogP contribution in [0.25, 0.3) is 10.9 Å². The van der Waals surface area contributed by atoms with Crippen LogP contribution in [0.2, 0.25) is 5.02 Å². The smallest absolute Gasteiger partial charge is 0.224 e. The van der Waals surface area contributed by atoms with Crippen LogP contribution in [-0.2, 0) is 11.3 Å². The van der Waals surface area contributed by atoms with Gasteiger partial charge in [0.25, 0.3) is 0 Å². The maximum absolute atomic E-state index is 12.6. The standard InChI is InChI=1S/C18H20ClN5OS/c1-13-20-18(26-21-13)24-10-8-23(9-11-24)17(25)5-7-22-6-4-14-12-15(19)2-3-16(14)22/h2-4,6,12H,5,7-11H2,1H3. The summed E-state index contributed by atoms with van der Waals surface area (Å²) in [6.07, 6.45) is 2.52. The monoisotopic (exact) mass is 389 g/mol. The van der Waals surface area contributed by atoms with Gasteiger partial charge in [-0.1, -0.05) is 11.6 Å². The highest BCUT2D eigenvalue weighted by molar-refractivity contribution is 7.09. The first kappa shape index (κ1) is 17.3. The number of hydrogen-bond donors (Lipinski definition) is 0. The van der Waals surface area contributed by atoms with Gasteiger partial charge < -0.3 is 14.4 Å². The second-order valence-electron chi connectivity index (χ2n) is 6.45. The molecule has 1 aliphatic rings. The van der Waals surface area contributed by atoms with Crippen molar-refractivity contribution in [3.05, 3.63) is 41.3 Å². The van der Waals surface area contributed by atoms with E-state index < -0.39 is 0 Å². The minimum Gasteiger partial charge on any atom is -0.347 e. The lowest BCUT2D eigenvalue weighted by Gasteiger charge is -2.34. The van der Waals surface area contributed by atoms with E-state index in [1.807, 2.05) is 42.3 Å². The van der Waals surface area contributed by atoms with Crippen molar-refractivity contribution in [1.82, 2.24) is 18.8 Å². The van der Waals surface area contributed by atoms with Crippen LogP contribution >= 0.6 is 23.1 Å². The predicted octanol–water partition coefficient (Wildman–Crippen LogP) is 3.19. The molecule has 3 heterocycles. The van der Waals surface area contributed by atoms with E-state index in [0.29, 0.717) is 13.0 Å². The molecule has 1 aromatic carbocycles. The maximum atomic E-state index is 12.6. The molecule has 0 N–H and O–H groups in total. The zero-order chi connectivity index (χ0) is 18.1. The van der Waals surface area contributed by atoms with Crippen molar-refractivity contribution in [2.24, 2.45) is 0 Å². The third-order valence-electron chi connectivity index (χ3n) is 4.72. The van der Waals surface area contributed by atoms with Gasteiger partial charge in [0.05, 0.1) is 0 Å². The Labute approximate surface area is 161 Å². The van der Waals surface area contributed by atoms with Gasteiger partial charge in [-0.2, -0.15) is 4.37 Å². The minimum absolute atomic E-state index is 0.203. The van der Waals surface area contributed by atoms with Gasteiger partial charge in [-0.05, 0) is 31.2 Å². The fourth-order valence-electron chi connectivity index (χ4n) is 3.30. The van der Waals surface area contributed by atoms with Crippen LogP contribution in [0.5, 0.6) is 0 Å². The Morgan fingerprint density at radius 1 is 1.23 bits per heavy atom. The molecular formula is C18H20ClN5OS. The Morgan fingerprint density at radius 3 is 2.77 bits per heavy atom. The molecule has 136 valence electrons. The summed E-state index contributed by atoms with van der Waals surface area (Å²) in [5, 5.41) is 2.79. The van der Waals surface area contributed by atoms with E-state index in [-0.39, 0.29) is 5.91 Å². The molecule has 0 bridgehead atoms. The predicted molar refractivity (Wildman–Crippen MR) is 105 cm³/mol. The Balaban J connectivity index is 1.32. The van der Waals surface area contributed by atoms with Crippen molar-refractivity contribution in [2.45, 2.75) is 19.9 Å². The van der Waals surface area contributed by atoms with Gasteiger partial charge in [0.1, 0.15) is 5.82 Å². The van der Waals surface area contributed by atoms with E-state index >= 15 is 0 Å². The number of nitrogens with zero attached hydrogens (tertiary/aromatic N) is 5. The highest BCUT2D eigenvalue weighted by atomic mass is 35.5. The summed E-state index contributed by atoms with van der Waals surface area (Å²) < 4.78 is 6.35. The summed E-state index contributed by atoms with van der Waals surface area (Å²) >= 11 is 7.46. The first-order chi connectivity index (χ1) is 12.6. The van der Waals surface area contributed by atoms with Crippen molar-refractivity contribution >= 4 is 45.1 Å². The second kappa shape index (κ2) is 7.25. The molecule has 1 saturated heterocycles. The molecule has 0 unspecified atom stereocenters. The summed E-state index contributed by atoms with van der Waals surface area (Å²) in [5.41, 5.74) is 1.11. The average molecular weight is 390 g/mol. The molecule has 8 heteroatoms. The minimum atomic E-state index is 0.203. The van der Waals surface area contributed by atoms with E-state index in [0.717, 1.165) is 53.1 Å². The molecule has 0 spiro atoms. The zero-order valence-corrected chi connectivity index (χ0v) is 16.1. The van der Waals surface area contributed by atoms with Crippen molar-refractivity contribution in [1.29, 1.82) is 0 Å². The van der Waals surface area contributed by atoms with Crippen LogP contribution in [0.1, 0.15) is 12.2 Å². The largest absolute Gasteiger partial charge is 0.347 e. The number of halogens is 1. The number of aromatic nitrogens is 3. The van der Waals surface area contributed by atoms with Crippen LogP contribution in [0, 0.1) is 6.92 Å². The van der Waals surface area contributed by atoms with Gasteiger partial charge in [0.2, 0.25) is 11.0 Å². The highest BCUT2D eigenvalue weighted by Gasteiger charge is 2.22. The zero-order valence-electron chi connectivity index (χ0n) is 14.6. The van der Waals surface area contributed by atoms with Crippen molar-refractivity contribution in [3.63, 3.8) is 0 Å². The summed E-state index contributed by atoms with van der Waals surface area (Å²) in [7, 11) is 0. The van der Waals surface area contributed by atoms with Crippen LogP contribution in [0.3, 0.4) is 0 Å². The van der Waals surface area contributed by atoms with Crippen LogP contribution in [0.15, 0.2) is 30.5 Å². The number of anilines is 1. The third kappa shape index (κ3) is 3.54. The summed E-state index contributed by atoms with van der Waals surface area (Å²) in [5.74, 6) is 1.01. The number of carbonyl (C=O) groups excluding carboxylic acids is 1. The maximum Gasteiger partial charge on any atom is 0.224 e. The Kier molecular flexibility index (Phi) is 4.82. The van der Waals surface area contributed by atoms with Gasteiger partial charge in [-0.15, -0.1) is 0 Å². The van der Waals surface area contributed by atoms with E-state index in [1.54, 1.807) is 0 Å². The molecular weight excluding hydrogens is 370 g/mol. The molecule has 0 atom stereocenters.